The molecule has 1 aliphatic rings. The maximum Gasteiger partial charge on any atom is 0.256 e. The molecular weight excluding hydrogens is 415 g/mol. The van der Waals surface area contributed by atoms with E-state index in [0.29, 0.717) is 10.9 Å². The topological polar surface area (TPSA) is 102 Å². The normalized spacial score (nSPS) is 19.7. The lowest BCUT2D eigenvalue weighted by atomic mass is 10.1. The van der Waals surface area contributed by atoms with Crippen LogP contribution in [0.3, 0.4) is 0 Å². The predicted molar refractivity (Wildman–Crippen MR) is 92.3 cm³/mol. The zero-order valence-electron chi connectivity index (χ0n) is 13.5. The van der Waals surface area contributed by atoms with Crippen molar-refractivity contribution in [1.82, 2.24) is 5.32 Å². The Morgan fingerprint density at radius 3 is 2.64 bits per heavy atom. The monoisotopic (exact) mass is 430 g/mol. The maximum atomic E-state index is 13.6. The van der Waals surface area contributed by atoms with Gasteiger partial charge in [0.1, 0.15) is 27.8 Å². The zero-order chi connectivity index (χ0) is 18.5. The van der Waals surface area contributed by atoms with E-state index in [1.807, 2.05) is 0 Å². The van der Waals surface area contributed by atoms with E-state index >= 15 is 0 Å². The first-order chi connectivity index (χ1) is 11.6. The number of hydrogen-bond donors (Lipinski definition) is 2. The van der Waals surface area contributed by atoms with E-state index in [1.165, 1.54) is 19.9 Å². The van der Waals surface area contributed by atoms with E-state index < -0.39 is 15.9 Å². The Balaban J connectivity index is 1.80. The molecule has 0 bridgehead atoms. The summed E-state index contributed by atoms with van der Waals surface area (Å²) in [5.74, 6) is -0.688. The summed E-state index contributed by atoms with van der Waals surface area (Å²) >= 11 is 3.10. The van der Waals surface area contributed by atoms with Gasteiger partial charge in [-0.3, -0.25) is 4.79 Å². The van der Waals surface area contributed by atoms with Crippen molar-refractivity contribution >= 4 is 31.9 Å². The molecule has 0 spiro atoms. The summed E-state index contributed by atoms with van der Waals surface area (Å²) < 4.78 is 42.8. The number of primary sulfonamides is 1. The van der Waals surface area contributed by atoms with Gasteiger partial charge in [0.05, 0.1) is 4.47 Å². The van der Waals surface area contributed by atoms with Crippen LogP contribution in [0.25, 0.3) is 0 Å². The molecule has 0 aliphatic heterocycles. The van der Waals surface area contributed by atoms with Gasteiger partial charge in [0, 0.05) is 12.0 Å². The molecule has 0 radical (unpaired) electrons. The maximum absolute atomic E-state index is 13.6. The highest BCUT2D eigenvalue weighted by molar-refractivity contribution is 9.10. The molecule has 9 heteroatoms. The average molecular weight is 431 g/mol. The summed E-state index contributed by atoms with van der Waals surface area (Å²) in [6, 6.07) is 4.62. The molecule has 3 N–H and O–H groups in total. The third-order valence-electron chi connectivity index (χ3n) is 4.20. The van der Waals surface area contributed by atoms with Gasteiger partial charge in [-0.25, -0.2) is 17.9 Å². The van der Waals surface area contributed by atoms with Crippen LogP contribution in [-0.4, -0.2) is 20.4 Å². The van der Waals surface area contributed by atoms with Crippen LogP contribution in [0, 0.1) is 19.7 Å². The van der Waals surface area contributed by atoms with E-state index in [9.17, 15) is 17.6 Å². The van der Waals surface area contributed by atoms with Crippen LogP contribution < -0.4 is 10.5 Å². The van der Waals surface area contributed by atoms with Gasteiger partial charge in [0.2, 0.25) is 10.0 Å². The molecule has 1 aromatic heterocycles. The van der Waals surface area contributed by atoms with Gasteiger partial charge in [0.15, 0.2) is 0 Å². The molecule has 1 aromatic carbocycles. The molecule has 0 saturated heterocycles. The Hall–Kier alpha value is -1.71. The van der Waals surface area contributed by atoms with Crippen LogP contribution in [0.4, 0.5) is 4.39 Å². The summed E-state index contributed by atoms with van der Waals surface area (Å²) in [5.41, 5.74) is 0.699. The summed E-state index contributed by atoms with van der Waals surface area (Å²) in [5, 5.41) is 7.96. The summed E-state index contributed by atoms with van der Waals surface area (Å²) in [6.45, 7) is 2.94. The smallest absolute Gasteiger partial charge is 0.256 e. The quantitative estimate of drug-likeness (QED) is 0.777. The largest absolute Gasteiger partial charge is 0.464 e. The van der Waals surface area contributed by atoms with Gasteiger partial charge in [-0.1, -0.05) is 6.07 Å². The third-order valence-corrected chi connectivity index (χ3v) is 5.90. The first-order valence-electron chi connectivity index (χ1n) is 7.48. The number of furan rings is 1. The average Bonchev–Trinajstić information content (AvgIpc) is 3.17. The molecule has 6 nitrogen and oxygen atoms in total. The van der Waals surface area contributed by atoms with Gasteiger partial charge in [-0.15, -0.1) is 0 Å². The fraction of sp³-hybridized carbons (Fsp3) is 0.312. The van der Waals surface area contributed by atoms with Gasteiger partial charge >= 0.3 is 0 Å². The first kappa shape index (κ1) is 18.1. The lowest BCUT2D eigenvalue weighted by Crippen LogP contribution is -2.29. The minimum Gasteiger partial charge on any atom is -0.464 e. The lowest BCUT2D eigenvalue weighted by molar-refractivity contribution is 0.0946. The summed E-state index contributed by atoms with van der Waals surface area (Å²) in [7, 11) is -4.09. The predicted octanol–water partition coefficient (Wildman–Crippen LogP) is 2.73. The van der Waals surface area contributed by atoms with Crippen molar-refractivity contribution in [1.29, 1.82) is 0 Å². The Morgan fingerprint density at radius 2 is 2.04 bits per heavy atom. The number of sulfonamides is 1. The Morgan fingerprint density at radius 1 is 1.36 bits per heavy atom. The number of halogens is 2. The number of hydrogen-bond acceptors (Lipinski definition) is 4. The second kappa shape index (κ2) is 6.22. The van der Waals surface area contributed by atoms with E-state index in [0.717, 1.165) is 5.56 Å². The van der Waals surface area contributed by atoms with Gasteiger partial charge in [0.25, 0.3) is 5.91 Å². The number of benzene rings is 1. The summed E-state index contributed by atoms with van der Waals surface area (Å²) in [4.78, 5) is 12.2. The van der Waals surface area contributed by atoms with Crippen LogP contribution in [0.5, 0.6) is 0 Å². The second-order valence-electron chi connectivity index (χ2n) is 6.06. The van der Waals surface area contributed by atoms with Crippen LogP contribution >= 0.6 is 15.9 Å². The van der Waals surface area contributed by atoms with Crippen LogP contribution in [0.15, 0.2) is 32.0 Å². The molecule has 3 rings (SSSR count). The Kier molecular flexibility index (Phi) is 4.50. The standard InChI is InChI=1S/C16H16BrFN2O4S/c1-7-14(15(8(2)24-7)25(19,22)23)16(21)20-13-6-10(13)9-3-4-11(17)12(18)5-9/h3-5,10,13H,6H2,1-2H3,(H,20,21)(H2,19,22,23)/t10-,13+/m0/s1. The highest BCUT2D eigenvalue weighted by atomic mass is 79.9. The van der Waals surface area contributed by atoms with E-state index in [2.05, 4.69) is 21.2 Å². The molecule has 1 saturated carbocycles. The van der Waals surface area contributed by atoms with E-state index in [1.54, 1.807) is 12.1 Å². The van der Waals surface area contributed by atoms with Crippen LogP contribution in [0.2, 0.25) is 0 Å². The number of amides is 1. The molecule has 25 heavy (non-hydrogen) atoms. The van der Waals surface area contributed by atoms with Gasteiger partial charge < -0.3 is 9.73 Å². The van der Waals surface area contributed by atoms with E-state index in [4.69, 9.17) is 9.56 Å². The number of nitrogens with two attached hydrogens (primary N) is 1. The van der Waals surface area contributed by atoms with Crippen molar-refractivity contribution in [2.45, 2.75) is 37.1 Å². The Labute approximate surface area is 152 Å². The molecule has 2 aromatic rings. The van der Waals surface area contributed by atoms with Crippen molar-refractivity contribution in [3.05, 3.63) is 51.1 Å². The second-order valence-corrected chi connectivity index (χ2v) is 8.41. The number of carbonyl (C=O) groups is 1. The lowest BCUT2D eigenvalue weighted by Gasteiger charge is -2.06. The third kappa shape index (κ3) is 3.49. The van der Waals surface area contributed by atoms with Gasteiger partial charge in [-0.05, 0) is 53.9 Å². The van der Waals surface area contributed by atoms with E-state index in [-0.39, 0.29) is 39.8 Å². The molecule has 1 aliphatic carbocycles. The molecule has 134 valence electrons. The molecule has 2 atom stereocenters. The van der Waals surface area contributed by atoms with Crippen molar-refractivity contribution in [2.24, 2.45) is 5.14 Å². The fourth-order valence-corrected chi connectivity index (χ4v) is 4.18. The number of carbonyl (C=O) groups excluding carboxylic acids is 1. The molecule has 1 amide bonds. The van der Waals surface area contributed by atoms with Crippen molar-refractivity contribution in [3.63, 3.8) is 0 Å². The number of rotatable bonds is 4. The Bertz CT molecular complexity index is 971. The minimum absolute atomic E-state index is 0.0159. The molecule has 0 unspecified atom stereocenters. The number of aryl methyl sites for hydroxylation is 2. The van der Waals surface area contributed by atoms with Crippen molar-refractivity contribution in [3.8, 4) is 0 Å². The van der Waals surface area contributed by atoms with Crippen LogP contribution in [-0.2, 0) is 10.0 Å². The minimum atomic E-state index is -4.09. The summed E-state index contributed by atoms with van der Waals surface area (Å²) in [6.07, 6.45) is 0.646. The van der Waals surface area contributed by atoms with Gasteiger partial charge in [-0.2, -0.15) is 0 Å². The molecule has 1 heterocycles. The van der Waals surface area contributed by atoms with Crippen LogP contribution in [0.1, 0.15) is 39.8 Å². The zero-order valence-corrected chi connectivity index (χ0v) is 15.9. The highest BCUT2D eigenvalue weighted by Gasteiger charge is 2.41. The van der Waals surface area contributed by atoms with Crippen molar-refractivity contribution in [2.75, 3.05) is 0 Å². The van der Waals surface area contributed by atoms with Crippen molar-refractivity contribution < 1.29 is 22.0 Å². The number of nitrogens with one attached hydrogen (secondary N) is 1. The highest BCUT2D eigenvalue weighted by Crippen LogP contribution is 2.42. The SMILES string of the molecule is Cc1oc(C)c(S(N)(=O)=O)c1C(=O)N[C@@H]1C[C@H]1c1ccc(Br)c(F)c1. The first-order valence-corrected chi connectivity index (χ1v) is 9.82. The fourth-order valence-electron chi connectivity index (χ4n) is 2.98. The molecule has 1 fully saturated rings. The molecular formula is C16H16BrFN2O4S.